The first-order valence-electron chi connectivity index (χ1n) is 10.5. The molecular weight excluding hydrogens is 374 g/mol. The van der Waals surface area contributed by atoms with Crippen molar-refractivity contribution in [3.05, 3.63) is 89.5 Å². The summed E-state index contributed by atoms with van der Waals surface area (Å²) in [5.74, 6) is 0.694. The van der Waals surface area contributed by atoms with Crippen molar-refractivity contribution < 1.29 is 14.6 Å². The molecule has 0 saturated carbocycles. The van der Waals surface area contributed by atoms with E-state index < -0.39 is 0 Å². The molecule has 4 nitrogen and oxygen atoms in total. The highest BCUT2D eigenvalue weighted by molar-refractivity contribution is 5.96. The third-order valence-electron chi connectivity index (χ3n) is 4.93. The summed E-state index contributed by atoms with van der Waals surface area (Å²) in [5.41, 5.74) is 4.92. The van der Waals surface area contributed by atoms with Gasteiger partial charge in [-0.05, 0) is 48.1 Å². The quantitative estimate of drug-likeness (QED) is 0.518. The van der Waals surface area contributed by atoms with Gasteiger partial charge >= 0.3 is 0 Å². The third-order valence-corrected chi connectivity index (χ3v) is 4.93. The van der Waals surface area contributed by atoms with Crippen LogP contribution in [0.2, 0.25) is 0 Å². The van der Waals surface area contributed by atoms with Gasteiger partial charge in [0.2, 0.25) is 0 Å². The molecule has 0 fully saturated rings. The summed E-state index contributed by atoms with van der Waals surface area (Å²) in [6, 6.07) is 24.2. The Bertz CT molecular complexity index is 954. The van der Waals surface area contributed by atoms with Gasteiger partial charge in [-0.25, -0.2) is 0 Å². The highest BCUT2D eigenvalue weighted by Gasteiger charge is 2.14. The van der Waals surface area contributed by atoms with E-state index in [1.165, 1.54) is 5.56 Å². The predicted molar refractivity (Wildman–Crippen MR) is 121 cm³/mol. The lowest BCUT2D eigenvalue weighted by molar-refractivity contribution is 0.0944. The van der Waals surface area contributed by atoms with E-state index in [1.54, 1.807) is 0 Å². The molecule has 0 aliphatic carbocycles. The standard InChI is InChI=1S/C26H29NO3/c1-2-18-30-25-11-7-6-10-23(25)21-14-15-24(26(29)27-16-17-28)22(19-21)13-12-20-8-4-3-5-9-20/h3-11,14-15,19,28H,2,12-13,16-18H2,1H3,(H,27,29). The highest BCUT2D eigenvalue weighted by Crippen LogP contribution is 2.31. The first kappa shape index (κ1) is 21.6. The number of benzene rings is 3. The van der Waals surface area contributed by atoms with Crippen LogP contribution in [-0.2, 0) is 12.8 Å². The normalized spacial score (nSPS) is 10.6. The predicted octanol–water partition coefficient (Wildman–Crippen LogP) is 4.65. The largest absolute Gasteiger partial charge is 0.493 e. The molecule has 1 amide bonds. The maximum absolute atomic E-state index is 12.6. The summed E-state index contributed by atoms with van der Waals surface area (Å²) in [5, 5.41) is 11.8. The van der Waals surface area contributed by atoms with E-state index in [0.29, 0.717) is 12.2 Å². The summed E-state index contributed by atoms with van der Waals surface area (Å²) in [4.78, 5) is 12.6. The van der Waals surface area contributed by atoms with Crippen molar-refractivity contribution in [2.24, 2.45) is 0 Å². The molecule has 0 radical (unpaired) electrons. The molecule has 30 heavy (non-hydrogen) atoms. The topological polar surface area (TPSA) is 58.6 Å². The minimum absolute atomic E-state index is 0.0781. The van der Waals surface area contributed by atoms with Crippen molar-refractivity contribution in [1.29, 1.82) is 0 Å². The van der Waals surface area contributed by atoms with Gasteiger partial charge in [-0.3, -0.25) is 4.79 Å². The average molecular weight is 404 g/mol. The smallest absolute Gasteiger partial charge is 0.251 e. The van der Waals surface area contributed by atoms with E-state index in [9.17, 15) is 4.79 Å². The number of aliphatic hydroxyl groups is 1. The zero-order chi connectivity index (χ0) is 21.2. The fourth-order valence-corrected chi connectivity index (χ4v) is 3.42. The van der Waals surface area contributed by atoms with Gasteiger partial charge < -0.3 is 15.2 Å². The lowest BCUT2D eigenvalue weighted by Crippen LogP contribution is -2.27. The fraction of sp³-hybridized carbons (Fsp3) is 0.269. The molecule has 4 heteroatoms. The molecule has 3 aromatic carbocycles. The number of aryl methyl sites for hydroxylation is 2. The number of rotatable bonds is 10. The maximum Gasteiger partial charge on any atom is 0.251 e. The Kier molecular flexibility index (Phi) is 8.04. The molecule has 0 bridgehead atoms. The fourth-order valence-electron chi connectivity index (χ4n) is 3.42. The molecule has 3 rings (SSSR count). The lowest BCUT2D eigenvalue weighted by Gasteiger charge is -2.15. The number of carbonyl (C=O) groups is 1. The summed E-state index contributed by atoms with van der Waals surface area (Å²) in [6.45, 7) is 2.92. The van der Waals surface area contributed by atoms with Crippen molar-refractivity contribution in [2.75, 3.05) is 19.8 Å². The second kappa shape index (κ2) is 11.2. The van der Waals surface area contributed by atoms with E-state index in [4.69, 9.17) is 9.84 Å². The van der Waals surface area contributed by atoms with E-state index in [1.807, 2.05) is 54.6 Å². The van der Waals surface area contributed by atoms with Crippen LogP contribution in [0, 0.1) is 0 Å². The van der Waals surface area contributed by atoms with Gasteiger partial charge in [0.05, 0.1) is 13.2 Å². The monoisotopic (exact) mass is 403 g/mol. The molecule has 3 aromatic rings. The molecule has 0 aliphatic heterocycles. The minimum atomic E-state index is -0.158. The number of ether oxygens (including phenoxy) is 1. The van der Waals surface area contributed by atoms with Crippen LogP contribution in [-0.4, -0.2) is 30.8 Å². The maximum atomic E-state index is 12.6. The van der Waals surface area contributed by atoms with E-state index in [2.05, 4.69) is 30.4 Å². The molecule has 0 aliphatic rings. The van der Waals surface area contributed by atoms with Gasteiger partial charge in [-0.1, -0.05) is 67.6 Å². The van der Waals surface area contributed by atoms with Crippen LogP contribution in [0.1, 0.15) is 34.8 Å². The Morgan fingerprint density at radius 2 is 1.73 bits per heavy atom. The van der Waals surface area contributed by atoms with Crippen molar-refractivity contribution in [3.8, 4) is 16.9 Å². The Balaban J connectivity index is 1.93. The lowest BCUT2D eigenvalue weighted by atomic mass is 9.94. The third kappa shape index (κ3) is 5.71. The minimum Gasteiger partial charge on any atom is -0.493 e. The molecule has 2 N–H and O–H groups in total. The summed E-state index contributed by atoms with van der Waals surface area (Å²) in [6.07, 6.45) is 2.54. The van der Waals surface area contributed by atoms with Crippen LogP contribution in [0.5, 0.6) is 5.75 Å². The Hall–Kier alpha value is -3.11. The van der Waals surface area contributed by atoms with Crippen LogP contribution in [0.15, 0.2) is 72.8 Å². The first-order chi connectivity index (χ1) is 14.7. The summed E-state index contributed by atoms with van der Waals surface area (Å²) >= 11 is 0. The van der Waals surface area contributed by atoms with Gasteiger partial charge in [0.25, 0.3) is 5.91 Å². The Morgan fingerprint density at radius 1 is 0.967 bits per heavy atom. The summed E-state index contributed by atoms with van der Waals surface area (Å²) < 4.78 is 5.93. The van der Waals surface area contributed by atoms with Crippen LogP contribution in [0.3, 0.4) is 0 Å². The van der Waals surface area contributed by atoms with E-state index in [0.717, 1.165) is 41.7 Å². The molecule has 0 spiro atoms. The molecule has 0 heterocycles. The zero-order valence-corrected chi connectivity index (χ0v) is 17.4. The second-order valence-corrected chi connectivity index (χ2v) is 7.18. The Labute approximate surface area is 178 Å². The number of hydrogen-bond acceptors (Lipinski definition) is 3. The number of aliphatic hydroxyl groups excluding tert-OH is 1. The molecule has 0 aromatic heterocycles. The number of amides is 1. The van der Waals surface area contributed by atoms with Crippen LogP contribution in [0.25, 0.3) is 11.1 Å². The molecule has 0 saturated heterocycles. The van der Waals surface area contributed by atoms with Crippen LogP contribution >= 0.6 is 0 Å². The van der Waals surface area contributed by atoms with Gasteiger partial charge in [-0.2, -0.15) is 0 Å². The molecular formula is C26H29NO3. The molecule has 0 atom stereocenters. The number of para-hydroxylation sites is 1. The van der Waals surface area contributed by atoms with Crippen LogP contribution in [0.4, 0.5) is 0 Å². The number of hydrogen-bond donors (Lipinski definition) is 2. The number of carbonyl (C=O) groups excluding carboxylic acids is 1. The van der Waals surface area contributed by atoms with Gasteiger partial charge in [0, 0.05) is 17.7 Å². The van der Waals surface area contributed by atoms with Gasteiger partial charge in [0.1, 0.15) is 5.75 Å². The van der Waals surface area contributed by atoms with Crippen molar-refractivity contribution in [2.45, 2.75) is 26.2 Å². The first-order valence-corrected chi connectivity index (χ1v) is 10.5. The van der Waals surface area contributed by atoms with Crippen molar-refractivity contribution in [1.82, 2.24) is 5.32 Å². The molecule has 156 valence electrons. The SMILES string of the molecule is CCCOc1ccccc1-c1ccc(C(=O)NCCO)c(CCc2ccccc2)c1. The highest BCUT2D eigenvalue weighted by atomic mass is 16.5. The van der Waals surface area contributed by atoms with Gasteiger partial charge in [0.15, 0.2) is 0 Å². The van der Waals surface area contributed by atoms with Crippen molar-refractivity contribution in [3.63, 3.8) is 0 Å². The van der Waals surface area contributed by atoms with Crippen LogP contribution < -0.4 is 10.1 Å². The average Bonchev–Trinajstić information content (AvgIpc) is 2.80. The van der Waals surface area contributed by atoms with Gasteiger partial charge in [-0.15, -0.1) is 0 Å². The zero-order valence-electron chi connectivity index (χ0n) is 17.4. The number of nitrogens with one attached hydrogen (secondary N) is 1. The Morgan fingerprint density at radius 3 is 2.50 bits per heavy atom. The molecule has 0 unspecified atom stereocenters. The second-order valence-electron chi connectivity index (χ2n) is 7.18. The summed E-state index contributed by atoms with van der Waals surface area (Å²) in [7, 11) is 0. The van der Waals surface area contributed by atoms with E-state index >= 15 is 0 Å². The van der Waals surface area contributed by atoms with Crippen molar-refractivity contribution >= 4 is 5.91 Å². The van der Waals surface area contributed by atoms with E-state index in [-0.39, 0.29) is 19.1 Å².